The van der Waals surface area contributed by atoms with E-state index in [2.05, 4.69) is 26.6 Å². The van der Waals surface area contributed by atoms with Crippen molar-refractivity contribution in [3.63, 3.8) is 0 Å². The molecule has 1 aromatic rings. The van der Waals surface area contributed by atoms with Crippen molar-refractivity contribution in [3.05, 3.63) is 20.8 Å². The molecule has 0 aliphatic carbocycles. The van der Waals surface area contributed by atoms with E-state index in [9.17, 15) is 9.59 Å². The molecule has 106 valence electrons. The summed E-state index contributed by atoms with van der Waals surface area (Å²) in [6, 6.07) is 1.70. The van der Waals surface area contributed by atoms with Crippen molar-refractivity contribution < 1.29 is 14.7 Å². The van der Waals surface area contributed by atoms with Crippen LogP contribution in [-0.2, 0) is 11.3 Å². The summed E-state index contributed by atoms with van der Waals surface area (Å²) in [6.45, 7) is 2.35. The van der Waals surface area contributed by atoms with Crippen LogP contribution in [0.5, 0.6) is 0 Å². The molecule has 0 aliphatic heterocycles. The van der Waals surface area contributed by atoms with Crippen LogP contribution in [0.2, 0.25) is 0 Å². The highest BCUT2D eigenvalue weighted by Crippen LogP contribution is 2.19. The second-order valence-electron chi connectivity index (χ2n) is 4.25. The lowest BCUT2D eigenvalue weighted by molar-refractivity contribution is -0.137. The Hall–Kier alpha value is -1.08. The fourth-order valence-electron chi connectivity index (χ4n) is 1.52. The zero-order valence-corrected chi connectivity index (χ0v) is 13.0. The van der Waals surface area contributed by atoms with Crippen LogP contribution in [0.4, 0.5) is 4.79 Å². The summed E-state index contributed by atoms with van der Waals surface area (Å²) in [4.78, 5) is 23.0. The number of halogens is 1. The topological polar surface area (TPSA) is 78.4 Å². The minimum atomic E-state index is -0.806. The normalized spacial score (nSPS) is 11.9. The summed E-state index contributed by atoms with van der Waals surface area (Å²) in [7, 11) is 0. The van der Waals surface area contributed by atoms with Gasteiger partial charge in [0.25, 0.3) is 0 Å². The summed E-state index contributed by atoms with van der Waals surface area (Å²) in [6.07, 6.45) is 1.36. The van der Waals surface area contributed by atoms with Crippen LogP contribution in [0.15, 0.2) is 15.9 Å². The van der Waals surface area contributed by atoms with Gasteiger partial charge in [0.05, 0.1) is 6.54 Å². The first-order valence-corrected chi connectivity index (χ1v) is 7.63. The zero-order chi connectivity index (χ0) is 14.3. The number of carboxylic acid groups (broad SMARTS) is 1. The maximum absolute atomic E-state index is 11.6. The van der Waals surface area contributed by atoms with E-state index in [1.165, 1.54) is 0 Å². The fourth-order valence-corrected chi connectivity index (χ4v) is 2.91. The van der Waals surface area contributed by atoms with Crippen LogP contribution in [0.3, 0.4) is 0 Å². The van der Waals surface area contributed by atoms with Gasteiger partial charge in [0.2, 0.25) is 0 Å². The summed E-state index contributed by atoms with van der Waals surface area (Å²) in [5, 5.41) is 16.0. The summed E-state index contributed by atoms with van der Waals surface area (Å²) in [5.41, 5.74) is 0. The van der Waals surface area contributed by atoms with E-state index in [0.717, 1.165) is 9.35 Å². The number of carbonyl (C=O) groups excluding carboxylic acids is 1. The van der Waals surface area contributed by atoms with Crippen molar-refractivity contribution in [1.82, 2.24) is 10.6 Å². The van der Waals surface area contributed by atoms with Crippen molar-refractivity contribution >= 4 is 39.3 Å². The molecule has 7 heteroatoms. The maximum atomic E-state index is 11.6. The van der Waals surface area contributed by atoms with Gasteiger partial charge in [0.15, 0.2) is 0 Å². The first-order chi connectivity index (χ1) is 8.97. The van der Waals surface area contributed by atoms with E-state index in [4.69, 9.17) is 5.11 Å². The van der Waals surface area contributed by atoms with Gasteiger partial charge >= 0.3 is 12.0 Å². The molecule has 1 heterocycles. The Morgan fingerprint density at radius 2 is 2.26 bits per heavy atom. The molecule has 0 saturated carbocycles. The number of rotatable bonds is 7. The molecule has 0 bridgehead atoms. The zero-order valence-electron chi connectivity index (χ0n) is 10.6. The number of amides is 2. The SMILES string of the molecule is CC(CCCC(=O)O)NC(=O)NCc1cc(Br)cs1. The third-order valence-electron chi connectivity index (χ3n) is 2.45. The molecule has 1 unspecified atom stereocenters. The van der Waals surface area contributed by atoms with Crippen molar-refractivity contribution in [2.24, 2.45) is 0 Å². The fraction of sp³-hybridized carbons (Fsp3) is 0.500. The van der Waals surface area contributed by atoms with E-state index < -0.39 is 5.97 Å². The van der Waals surface area contributed by atoms with Crippen molar-refractivity contribution in [3.8, 4) is 0 Å². The third kappa shape index (κ3) is 7.17. The predicted molar refractivity (Wildman–Crippen MR) is 78.3 cm³/mol. The Bertz CT molecular complexity index is 436. The minimum absolute atomic E-state index is 0.0329. The number of hydrogen-bond acceptors (Lipinski definition) is 3. The molecule has 2 amide bonds. The highest BCUT2D eigenvalue weighted by molar-refractivity contribution is 9.10. The number of carboxylic acids is 1. The van der Waals surface area contributed by atoms with Gasteiger partial charge < -0.3 is 15.7 Å². The monoisotopic (exact) mass is 348 g/mol. The first kappa shape index (κ1) is 16.0. The second kappa shape index (κ2) is 8.16. The number of urea groups is 1. The highest BCUT2D eigenvalue weighted by atomic mass is 79.9. The number of carbonyl (C=O) groups is 2. The van der Waals surface area contributed by atoms with Crippen LogP contribution >= 0.6 is 27.3 Å². The van der Waals surface area contributed by atoms with Gasteiger partial charge in [0, 0.05) is 27.2 Å². The van der Waals surface area contributed by atoms with Gasteiger partial charge in [-0.3, -0.25) is 4.79 Å². The smallest absolute Gasteiger partial charge is 0.315 e. The van der Waals surface area contributed by atoms with Gasteiger partial charge in [-0.1, -0.05) is 0 Å². The van der Waals surface area contributed by atoms with Crippen LogP contribution in [0.1, 0.15) is 31.1 Å². The first-order valence-electron chi connectivity index (χ1n) is 5.96. The van der Waals surface area contributed by atoms with Crippen molar-refractivity contribution in [2.45, 2.75) is 38.8 Å². The van der Waals surface area contributed by atoms with E-state index in [0.29, 0.717) is 19.4 Å². The van der Waals surface area contributed by atoms with Crippen molar-refractivity contribution in [2.75, 3.05) is 0 Å². The van der Waals surface area contributed by atoms with Gasteiger partial charge in [-0.05, 0) is 41.8 Å². The molecule has 19 heavy (non-hydrogen) atoms. The molecule has 0 aromatic carbocycles. The summed E-state index contributed by atoms with van der Waals surface area (Å²) >= 11 is 4.93. The van der Waals surface area contributed by atoms with Crippen LogP contribution in [0, 0.1) is 0 Å². The minimum Gasteiger partial charge on any atom is -0.481 e. The molecule has 0 saturated heterocycles. The van der Waals surface area contributed by atoms with E-state index in [1.807, 2.05) is 18.4 Å². The average Bonchev–Trinajstić information content (AvgIpc) is 2.72. The molecule has 1 atom stereocenters. The van der Waals surface area contributed by atoms with Crippen LogP contribution < -0.4 is 10.6 Å². The summed E-state index contributed by atoms with van der Waals surface area (Å²) in [5.74, 6) is -0.806. The lowest BCUT2D eigenvalue weighted by Crippen LogP contribution is -2.40. The van der Waals surface area contributed by atoms with Gasteiger partial charge in [-0.25, -0.2) is 4.79 Å². The van der Waals surface area contributed by atoms with Gasteiger partial charge in [0.1, 0.15) is 0 Å². The molecule has 0 aliphatic rings. The lowest BCUT2D eigenvalue weighted by Gasteiger charge is -2.13. The van der Waals surface area contributed by atoms with E-state index in [1.54, 1.807) is 11.3 Å². The Balaban J connectivity index is 2.17. The highest BCUT2D eigenvalue weighted by Gasteiger charge is 2.08. The molecular formula is C12H17BrN2O3S. The molecule has 1 rings (SSSR count). The van der Waals surface area contributed by atoms with E-state index in [-0.39, 0.29) is 18.5 Å². The molecular weight excluding hydrogens is 332 g/mol. The average molecular weight is 349 g/mol. The molecule has 5 nitrogen and oxygen atoms in total. The number of hydrogen-bond donors (Lipinski definition) is 3. The number of nitrogens with one attached hydrogen (secondary N) is 2. The second-order valence-corrected chi connectivity index (χ2v) is 6.16. The largest absolute Gasteiger partial charge is 0.481 e. The maximum Gasteiger partial charge on any atom is 0.315 e. The molecule has 0 spiro atoms. The predicted octanol–water partition coefficient (Wildman–Crippen LogP) is 2.95. The van der Waals surface area contributed by atoms with Crippen LogP contribution in [0.25, 0.3) is 0 Å². The number of thiophene rings is 1. The van der Waals surface area contributed by atoms with Crippen molar-refractivity contribution in [1.29, 1.82) is 0 Å². The molecule has 1 aromatic heterocycles. The van der Waals surface area contributed by atoms with E-state index >= 15 is 0 Å². The Morgan fingerprint density at radius 1 is 1.53 bits per heavy atom. The Morgan fingerprint density at radius 3 is 2.84 bits per heavy atom. The molecule has 3 N–H and O–H groups in total. The third-order valence-corrected chi connectivity index (χ3v) is 4.15. The quantitative estimate of drug-likeness (QED) is 0.708. The van der Waals surface area contributed by atoms with Crippen LogP contribution in [-0.4, -0.2) is 23.1 Å². The molecule has 0 radical (unpaired) electrons. The molecule has 0 fully saturated rings. The Labute approximate surface area is 124 Å². The number of aliphatic carboxylic acids is 1. The van der Waals surface area contributed by atoms with Gasteiger partial charge in [-0.15, -0.1) is 11.3 Å². The Kier molecular flexibility index (Phi) is 6.86. The van der Waals surface area contributed by atoms with Gasteiger partial charge in [-0.2, -0.15) is 0 Å². The standard InChI is InChI=1S/C12H17BrN2O3S/c1-8(3-2-4-11(16)17)15-12(18)14-6-10-5-9(13)7-19-10/h5,7-8H,2-4,6H2,1H3,(H,16,17)(H2,14,15,18). The summed E-state index contributed by atoms with van der Waals surface area (Å²) < 4.78 is 1.01. The lowest BCUT2D eigenvalue weighted by atomic mass is 10.1.